The van der Waals surface area contributed by atoms with Gasteiger partial charge in [-0.1, -0.05) is 0 Å². The summed E-state index contributed by atoms with van der Waals surface area (Å²) in [6.07, 6.45) is -6.44. The Morgan fingerprint density at radius 3 is 2.26 bits per heavy atom. The quantitative estimate of drug-likeness (QED) is 0.421. The molecule has 0 amide bonds. The van der Waals surface area contributed by atoms with Crippen molar-refractivity contribution in [3.05, 3.63) is 24.3 Å². The zero-order chi connectivity index (χ0) is 14.0. The molecule has 7 heteroatoms. The van der Waals surface area contributed by atoms with Crippen molar-refractivity contribution in [2.75, 3.05) is 12.3 Å². The lowest BCUT2D eigenvalue weighted by Crippen LogP contribution is -2.60. The summed E-state index contributed by atoms with van der Waals surface area (Å²) in [6, 6.07) is 6.38. The van der Waals surface area contributed by atoms with Crippen molar-refractivity contribution in [2.45, 2.75) is 30.7 Å². The number of aliphatic hydroxyl groups is 4. The van der Waals surface area contributed by atoms with E-state index < -0.39 is 37.3 Å². The zero-order valence-corrected chi connectivity index (χ0v) is 10.1. The maximum atomic E-state index is 9.77. The molecule has 0 aromatic heterocycles. The third-order valence-electron chi connectivity index (χ3n) is 2.98. The summed E-state index contributed by atoms with van der Waals surface area (Å²) in [5.41, 5.74) is 6.09. The van der Waals surface area contributed by atoms with E-state index >= 15 is 0 Å². The smallest absolute Gasteiger partial charge is 0.229 e. The van der Waals surface area contributed by atoms with E-state index in [9.17, 15) is 15.3 Å². The van der Waals surface area contributed by atoms with Crippen LogP contribution in [0.5, 0.6) is 5.75 Å². The minimum absolute atomic E-state index is 0.388. The predicted octanol–water partition coefficient (Wildman–Crippen LogP) is -1.55. The number of rotatable bonds is 3. The lowest BCUT2D eigenvalue weighted by Gasteiger charge is -2.39. The van der Waals surface area contributed by atoms with Crippen LogP contribution in [-0.4, -0.2) is 57.7 Å². The highest BCUT2D eigenvalue weighted by Gasteiger charge is 2.44. The van der Waals surface area contributed by atoms with E-state index in [0.29, 0.717) is 11.4 Å². The molecule has 0 radical (unpaired) electrons. The fourth-order valence-electron chi connectivity index (χ4n) is 1.85. The molecule has 1 fully saturated rings. The SMILES string of the molecule is Nc1ccc(OC2O[C@H](CO)[C@H](O)[C@H](O)[C@H]2O)cc1. The van der Waals surface area contributed by atoms with Gasteiger partial charge in [-0.25, -0.2) is 0 Å². The molecule has 0 saturated carbocycles. The Labute approximate surface area is 109 Å². The molecule has 0 spiro atoms. The molecule has 1 aliphatic heterocycles. The summed E-state index contributed by atoms with van der Waals surface area (Å²) in [6.45, 7) is -0.494. The summed E-state index contributed by atoms with van der Waals surface area (Å²) in [5, 5.41) is 38.0. The van der Waals surface area contributed by atoms with Gasteiger partial charge in [0.1, 0.15) is 30.2 Å². The summed E-state index contributed by atoms with van der Waals surface area (Å²) in [7, 11) is 0. The van der Waals surface area contributed by atoms with E-state index in [4.69, 9.17) is 20.3 Å². The van der Waals surface area contributed by atoms with Gasteiger partial charge in [-0.2, -0.15) is 0 Å². The number of aliphatic hydroxyl groups excluding tert-OH is 4. The van der Waals surface area contributed by atoms with E-state index in [2.05, 4.69) is 0 Å². The molecule has 1 aromatic rings. The van der Waals surface area contributed by atoms with Crippen LogP contribution in [0.2, 0.25) is 0 Å². The van der Waals surface area contributed by atoms with Gasteiger partial charge in [0, 0.05) is 5.69 Å². The van der Waals surface area contributed by atoms with E-state index in [0.717, 1.165) is 0 Å². The second kappa shape index (κ2) is 5.72. The van der Waals surface area contributed by atoms with Crippen molar-refractivity contribution < 1.29 is 29.9 Å². The molecule has 0 aliphatic carbocycles. The molecule has 1 unspecified atom stereocenters. The molecule has 1 saturated heterocycles. The number of nitrogen functional groups attached to an aromatic ring is 1. The van der Waals surface area contributed by atoms with Crippen LogP contribution < -0.4 is 10.5 Å². The van der Waals surface area contributed by atoms with Crippen molar-refractivity contribution in [1.29, 1.82) is 0 Å². The molecule has 0 bridgehead atoms. The zero-order valence-electron chi connectivity index (χ0n) is 10.1. The van der Waals surface area contributed by atoms with Gasteiger partial charge >= 0.3 is 0 Å². The highest BCUT2D eigenvalue weighted by molar-refractivity contribution is 5.41. The Morgan fingerprint density at radius 2 is 1.68 bits per heavy atom. The molecule has 6 N–H and O–H groups in total. The molecule has 7 nitrogen and oxygen atoms in total. The fourth-order valence-corrected chi connectivity index (χ4v) is 1.85. The molecule has 5 atom stereocenters. The van der Waals surface area contributed by atoms with E-state index in [1.165, 1.54) is 0 Å². The van der Waals surface area contributed by atoms with Gasteiger partial charge < -0.3 is 35.6 Å². The van der Waals surface area contributed by atoms with Crippen LogP contribution in [0.1, 0.15) is 0 Å². The Morgan fingerprint density at radius 1 is 1.05 bits per heavy atom. The average Bonchev–Trinajstić information content (AvgIpc) is 2.42. The van der Waals surface area contributed by atoms with Gasteiger partial charge in [0.2, 0.25) is 6.29 Å². The molecular formula is C12H17NO6. The first-order valence-electron chi connectivity index (χ1n) is 5.85. The maximum absolute atomic E-state index is 9.77. The number of anilines is 1. The summed E-state index contributed by atoms with van der Waals surface area (Å²) in [4.78, 5) is 0. The first-order valence-corrected chi connectivity index (χ1v) is 5.85. The van der Waals surface area contributed by atoms with Crippen LogP contribution in [0.25, 0.3) is 0 Å². The minimum Gasteiger partial charge on any atom is -0.462 e. The van der Waals surface area contributed by atoms with Crippen molar-refractivity contribution >= 4 is 5.69 Å². The Hall–Kier alpha value is -1.38. The van der Waals surface area contributed by atoms with Crippen LogP contribution >= 0.6 is 0 Å². The van der Waals surface area contributed by atoms with Gasteiger partial charge in [0.25, 0.3) is 0 Å². The normalized spacial score (nSPS) is 35.1. The topological polar surface area (TPSA) is 125 Å². The molecule has 2 rings (SSSR count). The van der Waals surface area contributed by atoms with Crippen molar-refractivity contribution in [3.63, 3.8) is 0 Å². The van der Waals surface area contributed by atoms with Gasteiger partial charge in [-0.15, -0.1) is 0 Å². The van der Waals surface area contributed by atoms with E-state index in [1.807, 2.05) is 0 Å². The maximum Gasteiger partial charge on any atom is 0.229 e. The standard InChI is InChI=1S/C12H17NO6/c13-6-1-3-7(4-2-6)18-12-11(17)10(16)9(15)8(5-14)19-12/h1-4,8-12,14-17H,5,13H2/t8-,9+,10+,11-,12?/m1/s1. The number of ether oxygens (including phenoxy) is 2. The van der Waals surface area contributed by atoms with E-state index in [1.54, 1.807) is 24.3 Å². The number of hydrogen-bond acceptors (Lipinski definition) is 7. The predicted molar refractivity (Wildman–Crippen MR) is 65.2 cm³/mol. The lowest BCUT2D eigenvalue weighted by molar-refractivity contribution is -0.277. The van der Waals surface area contributed by atoms with Crippen molar-refractivity contribution in [3.8, 4) is 5.75 Å². The van der Waals surface area contributed by atoms with Gasteiger partial charge in [0.05, 0.1) is 6.61 Å². The van der Waals surface area contributed by atoms with Crippen LogP contribution in [0, 0.1) is 0 Å². The molecular weight excluding hydrogens is 254 g/mol. The molecule has 1 aromatic carbocycles. The van der Waals surface area contributed by atoms with Crippen molar-refractivity contribution in [1.82, 2.24) is 0 Å². The Kier molecular flexibility index (Phi) is 4.23. The second-order valence-electron chi connectivity index (χ2n) is 4.38. The second-order valence-corrected chi connectivity index (χ2v) is 4.38. The number of nitrogens with two attached hydrogens (primary N) is 1. The van der Waals surface area contributed by atoms with Gasteiger partial charge in [-0.05, 0) is 24.3 Å². The third kappa shape index (κ3) is 2.96. The number of hydrogen-bond donors (Lipinski definition) is 5. The fraction of sp³-hybridized carbons (Fsp3) is 0.500. The monoisotopic (exact) mass is 271 g/mol. The number of benzene rings is 1. The highest BCUT2D eigenvalue weighted by atomic mass is 16.7. The largest absolute Gasteiger partial charge is 0.462 e. The van der Waals surface area contributed by atoms with Crippen LogP contribution in [0.4, 0.5) is 5.69 Å². The van der Waals surface area contributed by atoms with Crippen LogP contribution in [0.15, 0.2) is 24.3 Å². The minimum atomic E-state index is -1.45. The molecule has 19 heavy (non-hydrogen) atoms. The first-order chi connectivity index (χ1) is 9.02. The Bertz CT molecular complexity index is 409. The summed E-state index contributed by atoms with van der Waals surface area (Å²) >= 11 is 0. The van der Waals surface area contributed by atoms with Gasteiger partial charge in [0.15, 0.2) is 0 Å². The van der Waals surface area contributed by atoms with Crippen molar-refractivity contribution in [2.24, 2.45) is 0 Å². The van der Waals surface area contributed by atoms with Gasteiger partial charge in [-0.3, -0.25) is 0 Å². The van der Waals surface area contributed by atoms with Crippen LogP contribution in [0.3, 0.4) is 0 Å². The summed E-state index contributed by atoms with van der Waals surface area (Å²) < 4.78 is 10.6. The molecule has 1 heterocycles. The lowest BCUT2D eigenvalue weighted by atomic mass is 9.99. The van der Waals surface area contributed by atoms with E-state index in [-0.39, 0.29) is 0 Å². The highest BCUT2D eigenvalue weighted by Crippen LogP contribution is 2.24. The third-order valence-corrected chi connectivity index (χ3v) is 2.98. The molecule has 1 aliphatic rings. The van der Waals surface area contributed by atoms with Crippen LogP contribution in [-0.2, 0) is 4.74 Å². The average molecular weight is 271 g/mol. The Balaban J connectivity index is 2.08. The first kappa shape index (κ1) is 14.0. The molecule has 106 valence electrons. The summed E-state index contributed by atoms with van der Waals surface area (Å²) in [5.74, 6) is 0.388.